The predicted octanol–water partition coefficient (Wildman–Crippen LogP) is 1.60. The number of carboxylic acids is 1. The molecule has 1 atom stereocenters. The van der Waals surface area contributed by atoms with E-state index in [0.717, 1.165) is 13.0 Å². The molecule has 0 bridgehead atoms. The number of aryl methyl sites for hydroxylation is 1. The first-order valence-electron chi connectivity index (χ1n) is 6.05. The fraction of sp³-hybridized carbons (Fsp3) is 0.500. The van der Waals surface area contributed by atoms with Crippen LogP contribution >= 0.6 is 0 Å². The molecule has 0 radical (unpaired) electrons. The summed E-state index contributed by atoms with van der Waals surface area (Å²) in [6.45, 7) is 3.05. The van der Waals surface area contributed by atoms with Crippen LogP contribution in [0.5, 0.6) is 0 Å². The number of nitrogens with zero attached hydrogens (tertiary/aromatic N) is 3. The molecule has 0 amide bonds. The Bertz CT molecular complexity index is 518. The standard InChI is InChI=1S/C12H15N3O4/c1-8-4-11(13-6-10(8)15(18)19)14-3-2-9(7-14)5-12(16)17/h4,6,9H,2-3,5,7H2,1H3,(H,16,17). The summed E-state index contributed by atoms with van der Waals surface area (Å²) in [7, 11) is 0. The van der Waals surface area contributed by atoms with Crippen molar-refractivity contribution in [2.24, 2.45) is 5.92 Å². The predicted molar refractivity (Wildman–Crippen MR) is 68.2 cm³/mol. The highest BCUT2D eigenvalue weighted by Gasteiger charge is 2.26. The maximum Gasteiger partial charge on any atom is 0.303 e. The molecule has 0 saturated carbocycles. The number of nitro groups is 1. The lowest BCUT2D eigenvalue weighted by atomic mass is 10.1. The van der Waals surface area contributed by atoms with Crippen LogP contribution in [0.25, 0.3) is 0 Å². The topological polar surface area (TPSA) is 96.6 Å². The van der Waals surface area contributed by atoms with Gasteiger partial charge in [-0.2, -0.15) is 0 Å². The molecule has 1 aromatic rings. The van der Waals surface area contributed by atoms with E-state index < -0.39 is 10.9 Å². The van der Waals surface area contributed by atoms with Gasteiger partial charge in [-0.05, 0) is 25.3 Å². The minimum Gasteiger partial charge on any atom is -0.481 e. The Morgan fingerprint density at radius 1 is 1.68 bits per heavy atom. The van der Waals surface area contributed by atoms with Crippen molar-refractivity contribution in [3.63, 3.8) is 0 Å². The van der Waals surface area contributed by atoms with E-state index in [9.17, 15) is 14.9 Å². The van der Waals surface area contributed by atoms with Gasteiger partial charge >= 0.3 is 5.97 Å². The number of aromatic nitrogens is 1. The molecule has 0 spiro atoms. The van der Waals surface area contributed by atoms with Crippen molar-refractivity contribution in [1.29, 1.82) is 0 Å². The zero-order valence-corrected chi connectivity index (χ0v) is 10.6. The number of pyridine rings is 1. The van der Waals surface area contributed by atoms with E-state index in [2.05, 4.69) is 4.98 Å². The summed E-state index contributed by atoms with van der Waals surface area (Å²) in [6, 6.07) is 1.68. The molecule has 102 valence electrons. The summed E-state index contributed by atoms with van der Waals surface area (Å²) in [5, 5.41) is 19.5. The van der Waals surface area contributed by atoms with Gasteiger partial charge in [-0.25, -0.2) is 4.98 Å². The van der Waals surface area contributed by atoms with Crippen molar-refractivity contribution < 1.29 is 14.8 Å². The molecule has 1 N–H and O–H groups in total. The first-order chi connectivity index (χ1) is 8.97. The van der Waals surface area contributed by atoms with E-state index in [1.807, 2.05) is 4.90 Å². The van der Waals surface area contributed by atoms with Crippen LogP contribution in [-0.2, 0) is 4.79 Å². The Morgan fingerprint density at radius 2 is 2.42 bits per heavy atom. The van der Waals surface area contributed by atoms with Gasteiger partial charge in [-0.3, -0.25) is 14.9 Å². The monoisotopic (exact) mass is 265 g/mol. The van der Waals surface area contributed by atoms with Gasteiger partial charge in [-0.1, -0.05) is 0 Å². The molecule has 1 fully saturated rings. The zero-order valence-electron chi connectivity index (χ0n) is 10.6. The molecule has 1 aromatic heterocycles. The molecule has 0 aromatic carbocycles. The van der Waals surface area contributed by atoms with Gasteiger partial charge in [0.15, 0.2) is 0 Å². The van der Waals surface area contributed by atoms with Crippen LogP contribution in [0.15, 0.2) is 12.3 Å². The van der Waals surface area contributed by atoms with Gasteiger partial charge < -0.3 is 10.0 Å². The molecule has 1 aliphatic rings. The van der Waals surface area contributed by atoms with Crippen molar-refractivity contribution >= 4 is 17.5 Å². The molecule has 0 aliphatic carbocycles. The van der Waals surface area contributed by atoms with Crippen LogP contribution in [0.1, 0.15) is 18.4 Å². The van der Waals surface area contributed by atoms with Gasteiger partial charge in [0.2, 0.25) is 0 Å². The Kier molecular flexibility index (Phi) is 3.64. The molecule has 2 heterocycles. The summed E-state index contributed by atoms with van der Waals surface area (Å²) >= 11 is 0. The Balaban J connectivity index is 2.09. The smallest absolute Gasteiger partial charge is 0.303 e. The van der Waals surface area contributed by atoms with E-state index in [0.29, 0.717) is 17.9 Å². The molecule has 19 heavy (non-hydrogen) atoms. The van der Waals surface area contributed by atoms with Crippen molar-refractivity contribution in [2.45, 2.75) is 19.8 Å². The third-order valence-corrected chi connectivity index (χ3v) is 3.34. The lowest BCUT2D eigenvalue weighted by Gasteiger charge is -2.17. The Labute approximate surface area is 110 Å². The number of aliphatic carboxylic acids is 1. The first-order valence-corrected chi connectivity index (χ1v) is 6.05. The number of hydrogen-bond acceptors (Lipinski definition) is 5. The van der Waals surface area contributed by atoms with Crippen LogP contribution in [0.3, 0.4) is 0 Å². The average molecular weight is 265 g/mol. The third kappa shape index (κ3) is 2.98. The van der Waals surface area contributed by atoms with Crippen LogP contribution in [0.4, 0.5) is 11.5 Å². The minimum absolute atomic E-state index is 0.00466. The fourth-order valence-electron chi connectivity index (χ4n) is 2.35. The first kappa shape index (κ1) is 13.3. The number of anilines is 1. The number of rotatable bonds is 4. The second-order valence-corrected chi connectivity index (χ2v) is 4.78. The fourth-order valence-corrected chi connectivity index (χ4v) is 2.35. The van der Waals surface area contributed by atoms with Gasteiger partial charge in [0.25, 0.3) is 5.69 Å². The zero-order chi connectivity index (χ0) is 14.0. The minimum atomic E-state index is -0.792. The van der Waals surface area contributed by atoms with Crippen molar-refractivity contribution in [1.82, 2.24) is 4.98 Å². The van der Waals surface area contributed by atoms with E-state index in [-0.39, 0.29) is 18.0 Å². The van der Waals surface area contributed by atoms with Crippen LogP contribution in [-0.4, -0.2) is 34.1 Å². The molecular weight excluding hydrogens is 250 g/mol. The van der Waals surface area contributed by atoms with E-state index in [1.54, 1.807) is 13.0 Å². The van der Waals surface area contributed by atoms with E-state index in [4.69, 9.17) is 5.11 Å². The number of carbonyl (C=O) groups is 1. The Morgan fingerprint density at radius 3 is 3.00 bits per heavy atom. The van der Waals surface area contributed by atoms with Gasteiger partial charge in [0.1, 0.15) is 12.0 Å². The molecule has 2 rings (SSSR count). The highest BCUT2D eigenvalue weighted by atomic mass is 16.6. The molecular formula is C12H15N3O4. The van der Waals surface area contributed by atoms with E-state index in [1.165, 1.54) is 6.20 Å². The number of hydrogen-bond donors (Lipinski definition) is 1. The number of carboxylic acid groups (broad SMARTS) is 1. The summed E-state index contributed by atoms with van der Waals surface area (Å²) in [6.07, 6.45) is 2.22. The molecule has 7 nitrogen and oxygen atoms in total. The second kappa shape index (κ2) is 5.21. The summed E-state index contributed by atoms with van der Waals surface area (Å²) < 4.78 is 0. The van der Waals surface area contributed by atoms with Crippen LogP contribution in [0.2, 0.25) is 0 Å². The summed E-state index contributed by atoms with van der Waals surface area (Å²) in [5.41, 5.74) is 0.571. The quantitative estimate of drug-likeness (QED) is 0.656. The van der Waals surface area contributed by atoms with Crippen LogP contribution in [0, 0.1) is 23.0 Å². The second-order valence-electron chi connectivity index (χ2n) is 4.78. The van der Waals surface area contributed by atoms with Crippen molar-refractivity contribution in [3.8, 4) is 0 Å². The molecule has 1 saturated heterocycles. The maximum atomic E-state index is 10.7. The maximum absolute atomic E-state index is 10.7. The van der Waals surface area contributed by atoms with Gasteiger partial charge in [0.05, 0.1) is 4.92 Å². The highest BCUT2D eigenvalue weighted by Crippen LogP contribution is 2.27. The van der Waals surface area contributed by atoms with Crippen molar-refractivity contribution in [2.75, 3.05) is 18.0 Å². The van der Waals surface area contributed by atoms with E-state index >= 15 is 0 Å². The van der Waals surface area contributed by atoms with Crippen molar-refractivity contribution in [3.05, 3.63) is 27.9 Å². The normalized spacial score (nSPS) is 18.6. The van der Waals surface area contributed by atoms with Gasteiger partial charge in [-0.15, -0.1) is 0 Å². The molecule has 1 aliphatic heterocycles. The van der Waals surface area contributed by atoms with Crippen LogP contribution < -0.4 is 4.90 Å². The molecule has 7 heteroatoms. The van der Waals surface area contributed by atoms with Gasteiger partial charge in [0, 0.05) is 25.1 Å². The average Bonchev–Trinajstić information content (AvgIpc) is 2.75. The SMILES string of the molecule is Cc1cc(N2CCC(CC(=O)O)C2)ncc1[N+](=O)[O-]. The Hall–Kier alpha value is -2.18. The highest BCUT2D eigenvalue weighted by molar-refractivity contribution is 5.67. The summed E-state index contributed by atoms with van der Waals surface area (Å²) in [5.74, 6) is 0.00507. The molecule has 1 unspecified atom stereocenters. The largest absolute Gasteiger partial charge is 0.481 e. The lowest BCUT2D eigenvalue weighted by Crippen LogP contribution is -2.21. The lowest BCUT2D eigenvalue weighted by molar-refractivity contribution is -0.385. The summed E-state index contributed by atoms with van der Waals surface area (Å²) in [4.78, 5) is 27.0. The third-order valence-electron chi connectivity index (χ3n) is 3.34.